The first-order valence-corrected chi connectivity index (χ1v) is 8.95. The number of sulfonamides is 1. The van der Waals surface area contributed by atoms with Crippen molar-refractivity contribution in [1.29, 1.82) is 0 Å². The van der Waals surface area contributed by atoms with Gasteiger partial charge >= 0.3 is 0 Å². The van der Waals surface area contributed by atoms with Crippen LogP contribution in [0.4, 0.5) is 5.69 Å². The van der Waals surface area contributed by atoms with E-state index in [1.54, 1.807) is 12.1 Å². The highest BCUT2D eigenvalue weighted by Gasteiger charge is 2.29. The van der Waals surface area contributed by atoms with E-state index in [0.29, 0.717) is 19.4 Å². The molecule has 1 aromatic carbocycles. The fourth-order valence-corrected chi connectivity index (χ4v) is 3.71. The number of nitrogens with two attached hydrogens (primary N) is 1. The summed E-state index contributed by atoms with van der Waals surface area (Å²) in [6, 6.07) is 6.11. The van der Waals surface area contributed by atoms with Gasteiger partial charge in [0.1, 0.15) is 4.90 Å². The Hall–Kier alpha value is -1.64. The number of nitrogens with one attached hydrogen (secondary N) is 2. The van der Waals surface area contributed by atoms with Gasteiger partial charge in [-0.2, -0.15) is 0 Å². The number of carbonyl (C=O) groups excluding carboxylic acids is 1. The summed E-state index contributed by atoms with van der Waals surface area (Å²) in [7, 11) is -3.81. The number of benzene rings is 1. The van der Waals surface area contributed by atoms with Crippen molar-refractivity contribution < 1.29 is 17.9 Å². The smallest absolute Gasteiger partial charge is 0.243 e. The molecule has 0 aromatic heterocycles. The summed E-state index contributed by atoms with van der Waals surface area (Å²) in [6.07, 6.45) is 1.41. The van der Waals surface area contributed by atoms with E-state index in [1.165, 1.54) is 12.1 Å². The van der Waals surface area contributed by atoms with Crippen LogP contribution in [0.5, 0.6) is 0 Å². The molecule has 1 aromatic rings. The molecule has 1 fully saturated rings. The lowest BCUT2D eigenvalue weighted by Gasteiger charge is -2.35. The molecule has 0 bridgehead atoms. The maximum absolute atomic E-state index is 12.2. The standard InChI is InChI=1S/C15H23N3O4S/c1-15(2)9-11(7-8-22-15)18-14(19)10-17-23(20,21)13-6-4-3-5-12(13)16/h3-6,11,17H,7-10,16H2,1-2H3,(H,18,19)/t11-/m1/s1. The van der Waals surface area contributed by atoms with E-state index < -0.39 is 10.0 Å². The van der Waals surface area contributed by atoms with E-state index in [0.717, 1.165) is 0 Å². The molecule has 4 N–H and O–H groups in total. The predicted octanol–water partition coefficient (Wildman–Crippen LogP) is 0.621. The van der Waals surface area contributed by atoms with Gasteiger partial charge in [0.05, 0.1) is 17.8 Å². The maximum Gasteiger partial charge on any atom is 0.243 e. The van der Waals surface area contributed by atoms with Crippen LogP contribution in [0.1, 0.15) is 26.7 Å². The van der Waals surface area contributed by atoms with Crippen LogP contribution in [-0.4, -0.2) is 39.1 Å². The average molecular weight is 341 g/mol. The maximum atomic E-state index is 12.2. The van der Waals surface area contributed by atoms with Crippen LogP contribution in [0.15, 0.2) is 29.2 Å². The van der Waals surface area contributed by atoms with Crippen molar-refractivity contribution in [1.82, 2.24) is 10.0 Å². The molecule has 0 radical (unpaired) electrons. The van der Waals surface area contributed by atoms with Crippen LogP contribution in [0.25, 0.3) is 0 Å². The van der Waals surface area contributed by atoms with Crippen molar-refractivity contribution in [3.8, 4) is 0 Å². The van der Waals surface area contributed by atoms with Crippen LogP contribution in [0, 0.1) is 0 Å². The molecular weight excluding hydrogens is 318 g/mol. The largest absolute Gasteiger partial charge is 0.398 e. The van der Waals surface area contributed by atoms with Crippen molar-refractivity contribution in [3.63, 3.8) is 0 Å². The van der Waals surface area contributed by atoms with Gasteiger partial charge in [-0.05, 0) is 38.8 Å². The van der Waals surface area contributed by atoms with Gasteiger partial charge in [-0.3, -0.25) is 4.79 Å². The van der Waals surface area contributed by atoms with Gasteiger partial charge in [0.2, 0.25) is 15.9 Å². The highest BCUT2D eigenvalue weighted by Crippen LogP contribution is 2.23. The molecule has 0 spiro atoms. The number of para-hydroxylation sites is 1. The third-order valence-corrected chi connectivity index (χ3v) is 5.17. The summed E-state index contributed by atoms with van der Waals surface area (Å²) in [4.78, 5) is 11.9. The Bertz CT molecular complexity index is 673. The van der Waals surface area contributed by atoms with Crippen molar-refractivity contribution >= 4 is 21.6 Å². The zero-order chi connectivity index (χ0) is 17.1. The van der Waals surface area contributed by atoms with Gasteiger partial charge in [-0.25, -0.2) is 13.1 Å². The van der Waals surface area contributed by atoms with Gasteiger partial charge in [0.15, 0.2) is 0 Å². The van der Waals surface area contributed by atoms with Crippen molar-refractivity contribution in [2.75, 3.05) is 18.9 Å². The topological polar surface area (TPSA) is 111 Å². The van der Waals surface area contributed by atoms with Gasteiger partial charge in [-0.15, -0.1) is 0 Å². The molecule has 0 saturated carbocycles. The molecule has 1 heterocycles. The molecule has 7 nitrogen and oxygen atoms in total. The van der Waals surface area contributed by atoms with E-state index >= 15 is 0 Å². The molecular formula is C15H23N3O4S. The second kappa shape index (κ2) is 6.86. The minimum absolute atomic E-state index is 0.0162. The van der Waals surface area contributed by atoms with Crippen LogP contribution < -0.4 is 15.8 Å². The summed E-state index contributed by atoms with van der Waals surface area (Å²) in [5.41, 5.74) is 5.52. The number of hydrogen-bond donors (Lipinski definition) is 3. The predicted molar refractivity (Wildman–Crippen MR) is 87.2 cm³/mol. The van der Waals surface area contributed by atoms with E-state index in [-0.39, 0.29) is 34.7 Å². The fraction of sp³-hybridized carbons (Fsp3) is 0.533. The Balaban J connectivity index is 1.90. The number of nitrogen functional groups attached to an aromatic ring is 1. The third kappa shape index (κ3) is 4.92. The number of anilines is 1. The summed E-state index contributed by atoms with van der Waals surface area (Å²) in [5, 5.41) is 2.84. The SMILES string of the molecule is CC1(C)C[C@H](NC(=O)CNS(=O)(=O)c2ccccc2N)CCO1. The first-order valence-electron chi connectivity index (χ1n) is 7.47. The highest BCUT2D eigenvalue weighted by molar-refractivity contribution is 7.89. The molecule has 23 heavy (non-hydrogen) atoms. The summed E-state index contributed by atoms with van der Waals surface area (Å²) < 4.78 is 32.2. The van der Waals surface area contributed by atoms with Gasteiger partial charge in [0, 0.05) is 12.6 Å². The Kier molecular flexibility index (Phi) is 5.28. The zero-order valence-electron chi connectivity index (χ0n) is 13.3. The highest BCUT2D eigenvalue weighted by atomic mass is 32.2. The second-order valence-electron chi connectivity index (χ2n) is 6.23. The van der Waals surface area contributed by atoms with Gasteiger partial charge < -0.3 is 15.8 Å². The van der Waals surface area contributed by atoms with Crippen molar-refractivity contribution in [3.05, 3.63) is 24.3 Å². The van der Waals surface area contributed by atoms with Gasteiger partial charge in [-0.1, -0.05) is 12.1 Å². The lowest BCUT2D eigenvalue weighted by molar-refractivity contribution is -0.123. The molecule has 8 heteroatoms. The first kappa shape index (κ1) is 17.7. The van der Waals surface area contributed by atoms with E-state index in [4.69, 9.17) is 10.5 Å². The van der Waals surface area contributed by atoms with E-state index in [2.05, 4.69) is 10.0 Å². The van der Waals surface area contributed by atoms with Gasteiger partial charge in [0.25, 0.3) is 0 Å². The fourth-order valence-electron chi connectivity index (χ4n) is 2.60. The van der Waals surface area contributed by atoms with Crippen LogP contribution >= 0.6 is 0 Å². The quantitative estimate of drug-likeness (QED) is 0.680. The Labute approximate surface area is 136 Å². The minimum Gasteiger partial charge on any atom is -0.398 e. The summed E-state index contributed by atoms with van der Waals surface area (Å²) in [5.74, 6) is -0.370. The van der Waals surface area contributed by atoms with Crippen LogP contribution in [0.3, 0.4) is 0 Å². The average Bonchev–Trinajstić information content (AvgIpc) is 2.44. The summed E-state index contributed by atoms with van der Waals surface area (Å²) in [6.45, 7) is 4.18. The lowest BCUT2D eigenvalue weighted by Crippen LogP contribution is -2.48. The Morgan fingerprint density at radius 2 is 2.09 bits per heavy atom. The molecule has 1 atom stereocenters. The Morgan fingerprint density at radius 3 is 2.74 bits per heavy atom. The monoisotopic (exact) mass is 341 g/mol. The summed E-state index contributed by atoms with van der Waals surface area (Å²) >= 11 is 0. The van der Waals surface area contributed by atoms with Crippen molar-refractivity contribution in [2.45, 2.75) is 43.2 Å². The van der Waals surface area contributed by atoms with E-state index in [9.17, 15) is 13.2 Å². The zero-order valence-corrected chi connectivity index (χ0v) is 14.2. The van der Waals surface area contributed by atoms with E-state index in [1.807, 2.05) is 13.8 Å². The molecule has 128 valence electrons. The number of carbonyl (C=O) groups is 1. The first-order chi connectivity index (χ1) is 10.7. The van der Waals surface area contributed by atoms with Crippen LogP contribution in [0.2, 0.25) is 0 Å². The molecule has 1 saturated heterocycles. The Morgan fingerprint density at radius 1 is 1.39 bits per heavy atom. The number of hydrogen-bond acceptors (Lipinski definition) is 5. The lowest BCUT2D eigenvalue weighted by atomic mass is 9.94. The molecule has 1 aliphatic heterocycles. The number of rotatable bonds is 5. The van der Waals surface area contributed by atoms with Crippen molar-refractivity contribution in [2.24, 2.45) is 0 Å². The molecule has 0 aliphatic carbocycles. The molecule has 1 aliphatic rings. The number of ether oxygens (including phenoxy) is 1. The second-order valence-corrected chi connectivity index (χ2v) is 7.96. The molecule has 2 rings (SSSR count). The third-order valence-electron chi connectivity index (χ3n) is 3.69. The molecule has 0 unspecified atom stereocenters. The molecule has 1 amide bonds. The normalized spacial score (nSPS) is 20.9. The van der Waals surface area contributed by atoms with Crippen LogP contribution in [-0.2, 0) is 19.6 Å². The number of amides is 1. The minimum atomic E-state index is -3.81.